The minimum Gasteiger partial charge on any atom is -0.370 e. The number of likely N-dealkylation sites (tertiary alicyclic amines) is 1. The standard InChI is InChI=1S/C25H28Cl2N4/c26-20-14-21(27)16-22(15-20)31-25-23(8-4-5-11-28-25)24(29-31)19-9-12-30(13-10-19)17-18-6-2-1-3-7-18/h1-3,6-7,14-16,19,28H,4-5,8-13,17H2. The lowest BCUT2D eigenvalue weighted by Gasteiger charge is -2.31. The van der Waals surface area contributed by atoms with Crippen molar-refractivity contribution in [3.63, 3.8) is 0 Å². The number of nitrogens with zero attached hydrogens (tertiary/aromatic N) is 3. The quantitative estimate of drug-likeness (QED) is 0.501. The topological polar surface area (TPSA) is 33.1 Å². The summed E-state index contributed by atoms with van der Waals surface area (Å²) in [6, 6.07) is 16.4. The Morgan fingerprint density at radius 3 is 2.45 bits per heavy atom. The molecule has 1 aromatic heterocycles. The van der Waals surface area contributed by atoms with Crippen LogP contribution in [0.1, 0.15) is 48.4 Å². The van der Waals surface area contributed by atoms with Gasteiger partial charge in [-0.15, -0.1) is 0 Å². The monoisotopic (exact) mass is 454 g/mol. The van der Waals surface area contributed by atoms with Gasteiger partial charge in [0.15, 0.2) is 0 Å². The van der Waals surface area contributed by atoms with Crippen LogP contribution in [0.25, 0.3) is 5.69 Å². The van der Waals surface area contributed by atoms with Crippen LogP contribution < -0.4 is 5.32 Å². The minimum atomic E-state index is 0.497. The van der Waals surface area contributed by atoms with Crippen molar-refractivity contribution < 1.29 is 0 Å². The summed E-state index contributed by atoms with van der Waals surface area (Å²) >= 11 is 12.6. The van der Waals surface area contributed by atoms with Crippen LogP contribution in [0.5, 0.6) is 0 Å². The zero-order valence-corrected chi connectivity index (χ0v) is 19.2. The van der Waals surface area contributed by atoms with Gasteiger partial charge in [-0.3, -0.25) is 4.90 Å². The molecule has 162 valence electrons. The maximum absolute atomic E-state index is 6.30. The van der Waals surface area contributed by atoms with Gasteiger partial charge in [0, 0.05) is 34.6 Å². The van der Waals surface area contributed by atoms with E-state index in [2.05, 4.69) is 40.5 Å². The number of nitrogens with one attached hydrogen (secondary N) is 1. The van der Waals surface area contributed by atoms with Gasteiger partial charge < -0.3 is 5.32 Å². The molecule has 2 aromatic carbocycles. The number of piperidine rings is 1. The molecule has 3 heterocycles. The fourth-order valence-electron chi connectivity index (χ4n) is 4.91. The number of halogens is 2. The SMILES string of the molecule is Clc1cc(Cl)cc(-n2nc(C3CCN(Cc4ccccc4)CC3)c3c2NCCCC3)c1. The summed E-state index contributed by atoms with van der Waals surface area (Å²) in [5.74, 6) is 1.62. The van der Waals surface area contributed by atoms with E-state index in [1.54, 1.807) is 6.07 Å². The minimum absolute atomic E-state index is 0.497. The molecule has 6 heteroatoms. The number of benzene rings is 2. The fourth-order valence-corrected chi connectivity index (χ4v) is 5.43. The zero-order valence-electron chi connectivity index (χ0n) is 17.7. The molecule has 0 aliphatic carbocycles. The Morgan fingerprint density at radius 2 is 1.71 bits per heavy atom. The van der Waals surface area contributed by atoms with Crippen molar-refractivity contribution >= 4 is 29.0 Å². The summed E-state index contributed by atoms with van der Waals surface area (Å²) in [5, 5.41) is 10.0. The van der Waals surface area contributed by atoms with Crippen molar-refractivity contribution in [2.24, 2.45) is 0 Å². The summed E-state index contributed by atoms with van der Waals surface area (Å²) < 4.78 is 2.03. The fraction of sp³-hybridized carbons (Fsp3) is 0.400. The maximum Gasteiger partial charge on any atom is 0.133 e. The molecule has 0 amide bonds. The molecule has 2 aliphatic rings. The molecule has 0 radical (unpaired) electrons. The average Bonchev–Trinajstić information content (AvgIpc) is 2.95. The number of hydrogen-bond acceptors (Lipinski definition) is 3. The molecule has 31 heavy (non-hydrogen) atoms. The number of anilines is 1. The third-order valence-corrected chi connectivity index (χ3v) is 6.91. The molecule has 3 aromatic rings. The van der Waals surface area contributed by atoms with E-state index in [1.807, 2.05) is 16.8 Å². The maximum atomic E-state index is 6.30. The molecule has 2 aliphatic heterocycles. The van der Waals surface area contributed by atoms with Gasteiger partial charge in [-0.25, -0.2) is 4.68 Å². The van der Waals surface area contributed by atoms with Crippen LogP contribution in [-0.2, 0) is 13.0 Å². The molecular formula is C25H28Cl2N4. The molecule has 0 saturated carbocycles. The van der Waals surface area contributed by atoms with Gasteiger partial charge in [0.25, 0.3) is 0 Å². The second-order valence-corrected chi connectivity index (χ2v) is 9.54. The largest absolute Gasteiger partial charge is 0.370 e. The van der Waals surface area contributed by atoms with E-state index in [-0.39, 0.29) is 0 Å². The van der Waals surface area contributed by atoms with Crippen molar-refractivity contribution in [2.75, 3.05) is 25.0 Å². The van der Waals surface area contributed by atoms with Gasteiger partial charge in [-0.1, -0.05) is 53.5 Å². The van der Waals surface area contributed by atoms with E-state index in [1.165, 1.54) is 29.7 Å². The number of aromatic nitrogens is 2. The van der Waals surface area contributed by atoms with E-state index in [9.17, 15) is 0 Å². The smallest absolute Gasteiger partial charge is 0.133 e. The summed E-state index contributed by atoms with van der Waals surface area (Å²) in [4.78, 5) is 2.57. The van der Waals surface area contributed by atoms with Gasteiger partial charge in [0.1, 0.15) is 5.82 Å². The van der Waals surface area contributed by atoms with E-state index in [4.69, 9.17) is 28.3 Å². The lowest BCUT2D eigenvalue weighted by atomic mass is 9.90. The molecule has 5 rings (SSSR count). The van der Waals surface area contributed by atoms with E-state index in [0.29, 0.717) is 16.0 Å². The molecule has 0 bridgehead atoms. The van der Waals surface area contributed by atoms with E-state index < -0.39 is 0 Å². The third kappa shape index (κ3) is 4.62. The number of fused-ring (bicyclic) bond motifs is 1. The van der Waals surface area contributed by atoms with E-state index in [0.717, 1.165) is 56.9 Å². The Kier molecular flexibility index (Phi) is 6.22. The Labute approximate surface area is 194 Å². The lowest BCUT2D eigenvalue weighted by molar-refractivity contribution is 0.203. The lowest BCUT2D eigenvalue weighted by Crippen LogP contribution is -2.32. The Hall–Kier alpha value is -2.01. The first kappa shape index (κ1) is 20.9. The predicted octanol–water partition coefficient (Wildman–Crippen LogP) is 6.31. The molecule has 0 atom stereocenters. The highest BCUT2D eigenvalue weighted by Crippen LogP contribution is 2.37. The molecule has 4 nitrogen and oxygen atoms in total. The van der Waals surface area contributed by atoms with Crippen molar-refractivity contribution in [3.05, 3.63) is 75.4 Å². The molecule has 0 spiro atoms. The Morgan fingerprint density at radius 1 is 0.968 bits per heavy atom. The van der Waals surface area contributed by atoms with Crippen LogP contribution in [0, 0.1) is 0 Å². The average molecular weight is 455 g/mol. The van der Waals surface area contributed by atoms with Crippen LogP contribution in [0.4, 0.5) is 5.82 Å². The van der Waals surface area contributed by atoms with Crippen LogP contribution >= 0.6 is 23.2 Å². The Balaban J connectivity index is 1.40. The highest BCUT2D eigenvalue weighted by molar-refractivity contribution is 6.34. The van der Waals surface area contributed by atoms with Crippen LogP contribution in [0.3, 0.4) is 0 Å². The zero-order chi connectivity index (χ0) is 21.2. The predicted molar refractivity (Wildman–Crippen MR) is 129 cm³/mol. The molecular weight excluding hydrogens is 427 g/mol. The second kappa shape index (κ2) is 9.23. The normalized spacial score (nSPS) is 17.7. The van der Waals surface area contributed by atoms with Gasteiger partial charge in [0.2, 0.25) is 0 Å². The summed E-state index contributed by atoms with van der Waals surface area (Å²) in [7, 11) is 0. The van der Waals surface area contributed by atoms with Crippen molar-refractivity contribution in [3.8, 4) is 5.69 Å². The van der Waals surface area contributed by atoms with E-state index >= 15 is 0 Å². The van der Waals surface area contributed by atoms with Gasteiger partial charge in [-0.2, -0.15) is 5.10 Å². The summed E-state index contributed by atoms with van der Waals surface area (Å²) in [5.41, 5.74) is 4.96. The van der Waals surface area contributed by atoms with Crippen LogP contribution in [0.2, 0.25) is 10.0 Å². The first-order valence-corrected chi connectivity index (χ1v) is 12.0. The van der Waals surface area contributed by atoms with Crippen molar-refractivity contribution in [2.45, 2.75) is 44.6 Å². The van der Waals surface area contributed by atoms with Crippen LogP contribution in [0.15, 0.2) is 48.5 Å². The van der Waals surface area contributed by atoms with Crippen LogP contribution in [-0.4, -0.2) is 34.3 Å². The number of hydrogen-bond donors (Lipinski definition) is 1. The molecule has 1 fully saturated rings. The number of rotatable bonds is 4. The highest BCUT2D eigenvalue weighted by atomic mass is 35.5. The van der Waals surface area contributed by atoms with Gasteiger partial charge in [0.05, 0.1) is 11.4 Å². The summed E-state index contributed by atoms with van der Waals surface area (Å²) in [6.07, 6.45) is 5.75. The Bertz CT molecular complexity index is 1020. The van der Waals surface area contributed by atoms with Gasteiger partial charge in [-0.05, 0) is 69.0 Å². The second-order valence-electron chi connectivity index (χ2n) is 8.67. The first-order valence-electron chi connectivity index (χ1n) is 11.3. The highest BCUT2D eigenvalue weighted by Gasteiger charge is 2.29. The van der Waals surface area contributed by atoms with Gasteiger partial charge >= 0.3 is 0 Å². The third-order valence-electron chi connectivity index (χ3n) is 6.48. The first-order chi connectivity index (χ1) is 15.2. The van der Waals surface area contributed by atoms with Crippen molar-refractivity contribution in [1.29, 1.82) is 0 Å². The van der Waals surface area contributed by atoms with Crippen molar-refractivity contribution in [1.82, 2.24) is 14.7 Å². The molecule has 1 N–H and O–H groups in total. The molecule has 0 unspecified atom stereocenters. The summed E-state index contributed by atoms with van der Waals surface area (Å²) in [6.45, 7) is 4.22. The molecule has 1 saturated heterocycles.